The molecule has 5 rings (SSSR count). The molecule has 152 valence electrons. The second-order valence-corrected chi connectivity index (χ2v) is 8.31. The van der Waals surface area contributed by atoms with Gasteiger partial charge in [-0.1, -0.05) is 48.5 Å². The second kappa shape index (κ2) is 7.90. The van der Waals surface area contributed by atoms with Crippen LogP contribution in [-0.4, -0.2) is 43.8 Å². The first-order valence-electron chi connectivity index (χ1n) is 10.7. The van der Waals surface area contributed by atoms with Crippen LogP contribution in [0.15, 0.2) is 54.6 Å². The molecule has 2 aromatic carbocycles. The first kappa shape index (κ1) is 18.8. The average Bonchev–Trinajstić information content (AvgIpc) is 2.99. The molecule has 0 bridgehead atoms. The predicted molar refractivity (Wildman–Crippen MR) is 111 cm³/mol. The lowest BCUT2D eigenvalue weighted by atomic mass is 9.90. The summed E-state index contributed by atoms with van der Waals surface area (Å²) < 4.78 is 11.9. The number of carbonyl (C=O) groups excluding carboxylic acids is 1. The highest BCUT2D eigenvalue weighted by atomic mass is 16.7. The number of hydrogen-bond acceptors (Lipinski definition) is 4. The Balaban J connectivity index is 1.26. The molecule has 1 spiro atoms. The predicted octanol–water partition coefficient (Wildman–Crippen LogP) is 3.54. The quantitative estimate of drug-likeness (QED) is 0.798. The second-order valence-electron chi connectivity index (χ2n) is 8.31. The van der Waals surface area contributed by atoms with E-state index in [1.807, 2.05) is 29.2 Å². The van der Waals surface area contributed by atoms with Gasteiger partial charge in [0.1, 0.15) is 0 Å². The van der Waals surface area contributed by atoms with E-state index < -0.39 is 5.79 Å². The Kier molecular flexibility index (Phi) is 5.12. The van der Waals surface area contributed by atoms with E-state index in [9.17, 15) is 4.79 Å². The average molecular weight is 392 g/mol. The van der Waals surface area contributed by atoms with Gasteiger partial charge in [-0.15, -0.1) is 0 Å². The number of anilines is 1. The van der Waals surface area contributed by atoms with Gasteiger partial charge in [0.05, 0.1) is 25.6 Å². The topological polar surface area (TPSA) is 42.0 Å². The van der Waals surface area contributed by atoms with Crippen LogP contribution < -0.4 is 4.90 Å². The van der Waals surface area contributed by atoms with Gasteiger partial charge in [-0.3, -0.25) is 14.6 Å². The number of fused-ring (bicyclic) bond motifs is 2. The van der Waals surface area contributed by atoms with Gasteiger partial charge in [0.25, 0.3) is 11.7 Å². The number of hydrogen-bond donors (Lipinski definition) is 0. The molecule has 3 heterocycles. The number of carbonyl (C=O) groups is 1. The summed E-state index contributed by atoms with van der Waals surface area (Å²) >= 11 is 0. The number of nitrogens with zero attached hydrogens (tertiary/aromatic N) is 2. The van der Waals surface area contributed by atoms with Crippen molar-refractivity contribution in [2.24, 2.45) is 5.92 Å². The summed E-state index contributed by atoms with van der Waals surface area (Å²) in [7, 11) is 0. The summed E-state index contributed by atoms with van der Waals surface area (Å²) in [6, 6.07) is 18.6. The Hall–Kier alpha value is -2.21. The highest BCUT2D eigenvalue weighted by Crippen LogP contribution is 2.45. The molecule has 29 heavy (non-hydrogen) atoms. The Morgan fingerprint density at radius 1 is 0.931 bits per heavy atom. The minimum atomic E-state index is -1.24. The summed E-state index contributed by atoms with van der Waals surface area (Å²) in [6.07, 6.45) is 4.30. The largest absolute Gasteiger partial charge is 0.338 e. The summed E-state index contributed by atoms with van der Waals surface area (Å²) in [5.74, 6) is -0.600. The minimum absolute atomic E-state index is 0.0789. The normalized spacial score (nSPS) is 22.2. The highest BCUT2D eigenvalue weighted by Gasteiger charge is 2.55. The van der Waals surface area contributed by atoms with Gasteiger partial charge < -0.3 is 9.47 Å². The Bertz CT molecular complexity index is 855. The van der Waals surface area contributed by atoms with Crippen LogP contribution in [0.25, 0.3) is 0 Å². The van der Waals surface area contributed by atoms with Crippen molar-refractivity contribution < 1.29 is 14.3 Å². The standard InChI is InChI=1S/C24H28N2O3/c27-23-24(28-15-6-16-29-24)21-9-4-5-10-22(21)26(23)18-25-13-11-20(12-14-25)17-19-7-2-1-3-8-19/h1-5,7-10,20H,6,11-18H2. The van der Waals surface area contributed by atoms with E-state index in [2.05, 4.69) is 35.2 Å². The molecule has 0 N–H and O–H groups in total. The smallest absolute Gasteiger partial charge is 0.293 e. The maximum absolute atomic E-state index is 13.4. The van der Waals surface area contributed by atoms with Crippen molar-refractivity contribution in [1.29, 1.82) is 0 Å². The summed E-state index contributed by atoms with van der Waals surface area (Å²) in [5, 5.41) is 0. The van der Waals surface area contributed by atoms with Crippen molar-refractivity contribution in [3.05, 3.63) is 65.7 Å². The number of amides is 1. The molecule has 0 radical (unpaired) electrons. The molecule has 0 saturated carbocycles. The summed E-state index contributed by atoms with van der Waals surface area (Å²) in [5.41, 5.74) is 3.19. The fraction of sp³-hybridized carbons (Fsp3) is 0.458. The molecular weight excluding hydrogens is 364 g/mol. The van der Waals surface area contributed by atoms with Gasteiger partial charge in [-0.05, 0) is 43.2 Å². The van der Waals surface area contributed by atoms with Crippen LogP contribution >= 0.6 is 0 Å². The fourth-order valence-electron chi connectivity index (χ4n) is 4.82. The van der Waals surface area contributed by atoms with Gasteiger partial charge in [-0.25, -0.2) is 0 Å². The van der Waals surface area contributed by atoms with Gasteiger partial charge in [0.15, 0.2) is 0 Å². The lowest BCUT2D eigenvalue weighted by molar-refractivity contribution is -0.257. The highest BCUT2D eigenvalue weighted by molar-refractivity contribution is 6.06. The van der Waals surface area contributed by atoms with Crippen LogP contribution in [0.1, 0.15) is 30.4 Å². The summed E-state index contributed by atoms with van der Waals surface area (Å²) in [4.78, 5) is 17.6. The Morgan fingerprint density at radius 3 is 2.38 bits per heavy atom. The van der Waals surface area contributed by atoms with E-state index >= 15 is 0 Å². The van der Waals surface area contributed by atoms with Gasteiger partial charge in [-0.2, -0.15) is 0 Å². The molecule has 1 amide bonds. The van der Waals surface area contributed by atoms with Crippen LogP contribution in [0, 0.1) is 5.92 Å². The number of ether oxygens (including phenoxy) is 2. The van der Waals surface area contributed by atoms with E-state index in [-0.39, 0.29) is 5.91 Å². The van der Waals surface area contributed by atoms with E-state index in [1.54, 1.807) is 0 Å². The zero-order valence-corrected chi connectivity index (χ0v) is 16.8. The summed E-state index contributed by atoms with van der Waals surface area (Å²) in [6.45, 7) is 3.73. The van der Waals surface area contributed by atoms with E-state index in [0.717, 1.165) is 50.0 Å². The molecule has 2 aromatic rings. The molecule has 0 unspecified atom stereocenters. The third-order valence-corrected chi connectivity index (χ3v) is 6.39. The van der Waals surface area contributed by atoms with Crippen molar-refractivity contribution in [3.63, 3.8) is 0 Å². The zero-order chi connectivity index (χ0) is 19.7. The molecular formula is C24H28N2O3. The van der Waals surface area contributed by atoms with Crippen LogP contribution in [0.2, 0.25) is 0 Å². The molecule has 0 aromatic heterocycles. The fourth-order valence-corrected chi connectivity index (χ4v) is 4.82. The van der Waals surface area contributed by atoms with Gasteiger partial charge >= 0.3 is 0 Å². The molecule has 0 aliphatic carbocycles. The van der Waals surface area contributed by atoms with Crippen molar-refractivity contribution >= 4 is 11.6 Å². The van der Waals surface area contributed by atoms with Crippen LogP contribution in [0.3, 0.4) is 0 Å². The lowest BCUT2D eigenvalue weighted by Gasteiger charge is -2.36. The van der Waals surface area contributed by atoms with E-state index in [0.29, 0.717) is 25.8 Å². The zero-order valence-electron chi connectivity index (χ0n) is 16.8. The molecule has 2 saturated heterocycles. The molecule has 5 nitrogen and oxygen atoms in total. The van der Waals surface area contributed by atoms with Crippen molar-refractivity contribution in [1.82, 2.24) is 4.90 Å². The Labute approximate surface area is 172 Å². The SMILES string of the molecule is O=C1N(CN2CCC(Cc3ccccc3)CC2)c2ccccc2C12OCCCO2. The first-order chi connectivity index (χ1) is 14.3. The number of piperidine rings is 1. The number of rotatable bonds is 4. The number of benzene rings is 2. The van der Waals surface area contributed by atoms with Crippen LogP contribution in [0.4, 0.5) is 5.69 Å². The monoisotopic (exact) mass is 392 g/mol. The molecule has 5 heteroatoms. The molecule has 3 aliphatic rings. The maximum Gasteiger partial charge on any atom is 0.293 e. The Morgan fingerprint density at radius 2 is 1.62 bits per heavy atom. The third kappa shape index (κ3) is 3.48. The van der Waals surface area contributed by atoms with Crippen LogP contribution in [-0.2, 0) is 26.5 Å². The first-order valence-corrected chi connectivity index (χ1v) is 10.7. The molecule has 3 aliphatic heterocycles. The maximum atomic E-state index is 13.4. The molecule has 2 fully saturated rings. The van der Waals surface area contributed by atoms with Crippen molar-refractivity contribution in [2.45, 2.75) is 31.5 Å². The van der Waals surface area contributed by atoms with Crippen molar-refractivity contribution in [3.8, 4) is 0 Å². The minimum Gasteiger partial charge on any atom is -0.338 e. The van der Waals surface area contributed by atoms with Gasteiger partial charge in [0, 0.05) is 18.7 Å². The van der Waals surface area contributed by atoms with Gasteiger partial charge in [0.2, 0.25) is 0 Å². The number of likely N-dealkylation sites (tertiary alicyclic amines) is 1. The lowest BCUT2D eigenvalue weighted by Crippen LogP contribution is -2.50. The van der Waals surface area contributed by atoms with Crippen LogP contribution in [0.5, 0.6) is 0 Å². The number of para-hydroxylation sites is 1. The van der Waals surface area contributed by atoms with Crippen molar-refractivity contribution in [2.75, 3.05) is 37.9 Å². The third-order valence-electron chi connectivity index (χ3n) is 6.39. The van der Waals surface area contributed by atoms with E-state index in [4.69, 9.17) is 9.47 Å². The van der Waals surface area contributed by atoms with E-state index in [1.165, 1.54) is 5.56 Å². The molecule has 0 atom stereocenters.